The number of halogens is 2. The summed E-state index contributed by atoms with van der Waals surface area (Å²) in [4.78, 5) is 25.5. The Kier molecular flexibility index (Phi) is 6.37. The summed E-state index contributed by atoms with van der Waals surface area (Å²) in [7, 11) is 0. The van der Waals surface area contributed by atoms with Crippen LogP contribution < -0.4 is 0 Å². The summed E-state index contributed by atoms with van der Waals surface area (Å²) in [5.74, 6) is -0.898. The van der Waals surface area contributed by atoms with Gasteiger partial charge in [0.1, 0.15) is 0 Å². The number of amides is 1. The number of nitrogens with zero attached hydrogens (tertiary/aromatic N) is 1. The van der Waals surface area contributed by atoms with Gasteiger partial charge in [-0.2, -0.15) is 0 Å². The number of morpholine rings is 1. The number of thioether (sulfide) groups is 1. The molecule has 1 amide bonds. The maximum Gasteiger partial charge on any atom is 0.305 e. The van der Waals surface area contributed by atoms with Crippen LogP contribution in [0.3, 0.4) is 0 Å². The highest BCUT2D eigenvalue weighted by atomic mass is 35.5. The van der Waals surface area contributed by atoms with Crippen molar-refractivity contribution in [3.8, 4) is 0 Å². The third-order valence-electron chi connectivity index (χ3n) is 3.20. The molecule has 1 atom stereocenters. The zero-order valence-corrected chi connectivity index (χ0v) is 14.0. The first-order valence-corrected chi connectivity index (χ1v) is 8.38. The lowest BCUT2D eigenvalue weighted by Gasteiger charge is -2.34. The fraction of sp³-hybridized carbons (Fsp3) is 0.429. The van der Waals surface area contributed by atoms with Gasteiger partial charge in [0.15, 0.2) is 0 Å². The number of carbonyl (C=O) groups is 2. The predicted octanol–water partition coefficient (Wildman–Crippen LogP) is 2.79. The standard InChI is InChI=1S/C14H15Cl2NO4S/c15-9-1-2-11(16)12(5-9)22-8-13(18)17-3-4-21-7-10(17)6-14(19)20/h1-2,5,10H,3-4,6-8H2,(H,19,20). The van der Waals surface area contributed by atoms with Crippen molar-refractivity contribution in [1.82, 2.24) is 4.90 Å². The number of carboxylic acids is 1. The molecule has 1 aliphatic rings. The average Bonchev–Trinajstić information content (AvgIpc) is 2.48. The molecule has 1 aliphatic heterocycles. The van der Waals surface area contributed by atoms with Crippen molar-refractivity contribution in [1.29, 1.82) is 0 Å². The zero-order chi connectivity index (χ0) is 16.1. The summed E-state index contributed by atoms with van der Waals surface area (Å²) in [5.41, 5.74) is 0. The number of aliphatic carboxylic acids is 1. The van der Waals surface area contributed by atoms with Crippen LogP contribution in [0.1, 0.15) is 6.42 Å². The van der Waals surface area contributed by atoms with Crippen LogP contribution in [0.2, 0.25) is 10.0 Å². The van der Waals surface area contributed by atoms with Gasteiger partial charge < -0.3 is 14.7 Å². The van der Waals surface area contributed by atoms with E-state index in [1.165, 1.54) is 11.8 Å². The second-order valence-corrected chi connectivity index (χ2v) is 6.64. The first kappa shape index (κ1) is 17.4. The van der Waals surface area contributed by atoms with Gasteiger partial charge in [-0.05, 0) is 18.2 Å². The predicted molar refractivity (Wildman–Crippen MR) is 85.8 cm³/mol. The van der Waals surface area contributed by atoms with Crippen molar-refractivity contribution in [2.24, 2.45) is 0 Å². The summed E-state index contributed by atoms with van der Waals surface area (Å²) in [5, 5.41) is 9.99. The van der Waals surface area contributed by atoms with Crippen LogP contribution in [0.4, 0.5) is 0 Å². The molecule has 120 valence electrons. The van der Waals surface area contributed by atoms with Gasteiger partial charge in [0.25, 0.3) is 0 Å². The first-order valence-electron chi connectivity index (χ1n) is 6.64. The number of carboxylic acid groups (broad SMARTS) is 1. The summed E-state index contributed by atoms with van der Waals surface area (Å²) in [6, 6.07) is 4.64. The van der Waals surface area contributed by atoms with E-state index in [4.69, 9.17) is 33.0 Å². The molecule has 1 unspecified atom stereocenters. The van der Waals surface area contributed by atoms with Gasteiger partial charge in [-0.1, -0.05) is 23.2 Å². The molecule has 1 heterocycles. The van der Waals surface area contributed by atoms with E-state index in [9.17, 15) is 9.59 Å². The molecule has 0 spiro atoms. The molecular weight excluding hydrogens is 349 g/mol. The van der Waals surface area contributed by atoms with E-state index in [1.54, 1.807) is 23.1 Å². The maximum absolute atomic E-state index is 12.3. The lowest BCUT2D eigenvalue weighted by atomic mass is 10.1. The molecule has 1 saturated heterocycles. The van der Waals surface area contributed by atoms with Crippen molar-refractivity contribution < 1.29 is 19.4 Å². The summed E-state index contributed by atoms with van der Waals surface area (Å²) in [6.45, 7) is 1.08. The Bertz CT molecular complexity index is 570. The van der Waals surface area contributed by atoms with Crippen molar-refractivity contribution in [2.45, 2.75) is 17.4 Å². The summed E-state index contributed by atoms with van der Waals surface area (Å²) >= 11 is 13.3. The Morgan fingerprint density at radius 1 is 1.41 bits per heavy atom. The second-order valence-electron chi connectivity index (χ2n) is 4.78. The minimum atomic E-state index is -0.946. The second kappa shape index (κ2) is 8.06. The molecule has 1 N–H and O–H groups in total. The van der Waals surface area contributed by atoms with Gasteiger partial charge in [-0.15, -0.1) is 11.8 Å². The molecule has 0 aromatic heterocycles. The summed E-state index contributed by atoms with van der Waals surface area (Å²) < 4.78 is 5.26. The van der Waals surface area contributed by atoms with Crippen LogP contribution in [0, 0.1) is 0 Å². The van der Waals surface area contributed by atoms with E-state index in [0.29, 0.717) is 23.2 Å². The number of hydrogen-bond donors (Lipinski definition) is 1. The molecular formula is C14H15Cl2NO4S. The van der Waals surface area contributed by atoms with Gasteiger partial charge in [0.05, 0.1) is 36.5 Å². The summed E-state index contributed by atoms with van der Waals surface area (Å²) in [6.07, 6.45) is -0.117. The number of ether oxygens (including phenoxy) is 1. The molecule has 22 heavy (non-hydrogen) atoms. The van der Waals surface area contributed by atoms with Gasteiger partial charge in [0, 0.05) is 16.5 Å². The molecule has 8 heteroatoms. The Balaban J connectivity index is 1.97. The molecule has 1 aromatic carbocycles. The minimum Gasteiger partial charge on any atom is -0.481 e. The van der Waals surface area contributed by atoms with Gasteiger partial charge >= 0.3 is 5.97 Å². The third-order valence-corrected chi connectivity index (χ3v) is 4.92. The highest BCUT2D eigenvalue weighted by Crippen LogP contribution is 2.30. The van der Waals surface area contributed by atoms with Crippen molar-refractivity contribution in [3.05, 3.63) is 28.2 Å². The van der Waals surface area contributed by atoms with E-state index in [1.807, 2.05) is 0 Å². The van der Waals surface area contributed by atoms with E-state index < -0.39 is 12.0 Å². The van der Waals surface area contributed by atoms with E-state index in [-0.39, 0.29) is 24.7 Å². The number of hydrogen-bond acceptors (Lipinski definition) is 4. The van der Waals surface area contributed by atoms with E-state index >= 15 is 0 Å². The van der Waals surface area contributed by atoms with Crippen LogP contribution in [0.15, 0.2) is 23.1 Å². The van der Waals surface area contributed by atoms with Crippen molar-refractivity contribution in [2.75, 3.05) is 25.5 Å². The molecule has 0 aliphatic carbocycles. The van der Waals surface area contributed by atoms with Crippen LogP contribution in [-0.2, 0) is 14.3 Å². The SMILES string of the molecule is O=C(O)CC1COCCN1C(=O)CSc1cc(Cl)ccc1Cl. The number of rotatable bonds is 5. The fourth-order valence-corrected chi connectivity index (χ4v) is 3.54. The Morgan fingerprint density at radius 3 is 2.91 bits per heavy atom. The average molecular weight is 364 g/mol. The van der Waals surface area contributed by atoms with Crippen molar-refractivity contribution in [3.63, 3.8) is 0 Å². The molecule has 5 nitrogen and oxygen atoms in total. The monoisotopic (exact) mass is 363 g/mol. The number of carbonyl (C=O) groups excluding carboxylic acids is 1. The van der Waals surface area contributed by atoms with Crippen molar-refractivity contribution >= 4 is 46.8 Å². The molecule has 0 saturated carbocycles. The molecule has 1 aromatic rings. The topological polar surface area (TPSA) is 66.8 Å². The van der Waals surface area contributed by atoms with Gasteiger partial charge in [0.2, 0.25) is 5.91 Å². The zero-order valence-electron chi connectivity index (χ0n) is 11.6. The quantitative estimate of drug-likeness (QED) is 0.814. The van der Waals surface area contributed by atoms with E-state index in [0.717, 1.165) is 4.90 Å². The number of benzene rings is 1. The Labute approximate surface area is 142 Å². The molecule has 2 rings (SSSR count). The van der Waals surface area contributed by atoms with Crippen LogP contribution in [0.5, 0.6) is 0 Å². The highest BCUT2D eigenvalue weighted by molar-refractivity contribution is 8.00. The smallest absolute Gasteiger partial charge is 0.305 e. The maximum atomic E-state index is 12.3. The largest absolute Gasteiger partial charge is 0.481 e. The molecule has 0 radical (unpaired) electrons. The van der Waals surface area contributed by atoms with Gasteiger partial charge in [-0.25, -0.2) is 0 Å². The van der Waals surface area contributed by atoms with Crippen LogP contribution >= 0.6 is 35.0 Å². The molecule has 0 bridgehead atoms. The highest BCUT2D eigenvalue weighted by Gasteiger charge is 2.29. The Hall–Kier alpha value is -0.950. The lowest BCUT2D eigenvalue weighted by Crippen LogP contribution is -2.50. The minimum absolute atomic E-state index is 0.117. The normalized spacial score (nSPS) is 18.3. The molecule has 1 fully saturated rings. The van der Waals surface area contributed by atoms with Crippen LogP contribution in [-0.4, -0.2) is 53.4 Å². The lowest BCUT2D eigenvalue weighted by molar-refractivity contribution is -0.144. The fourth-order valence-electron chi connectivity index (χ4n) is 2.16. The first-order chi connectivity index (χ1) is 10.5. The van der Waals surface area contributed by atoms with Gasteiger partial charge in [-0.3, -0.25) is 9.59 Å². The third kappa shape index (κ3) is 4.78. The van der Waals surface area contributed by atoms with E-state index in [2.05, 4.69) is 0 Å². The Morgan fingerprint density at radius 2 is 2.18 bits per heavy atom. The van der Waals surface area contributed by atoms with Crippen LogP contribution in [0.25, 0.3) is 0 Å².